The monoisotopic (exact) mass is 315 g/mol. The molecule has 21 heavy (non-hydrogen) atoms. The summed E-state index contributed by atoms with van der Waals surface area (Å²) in [6.07, 6.45) is 4.31. The minimum Gasteiger partial charge on any atom is -0.393 e. The summed E-state index contributed by atoms with van der Waals surface area (Å²) in [4.78, 5) is 12.0. The molecule has 0 spiro atoms. The molecule has 2 N–H and O–H groups in total. The average molecular weight is 315 g/mol. The number of hydrogen-bond acceptors (Lipinski definition) is 5. The first kappa shape index (κ1) is 16.0. The van der Waals surface area contributed by atoms with Gasteiger partial charge in [0.05, 0.1) is 18.3 Å². The maximum Gasteiger partial charge on any atom is 0.235 e. The highest BCUT2D eigenvalue weighted by Crippen LogP contribution is 2.37. The SMILES string of the molecule is CCS(=O)(=O)CC(=O)NC(c1cnn(C)c1)C1CC(O)C1. The molecule has 1 amide bonds. The molecule has 7 nitrogen and oxygen atoms in total. The summed E-state index contributed by atoms with van der Waals surface area (Å²) in [6.45, 7) is 1.52. The first-order valence-corrected chi connectivity index (χ1v) is 8.79. The Morgan fingerprint density at radius 1 is 1.57 bits per heavy atom. The van der Waals surface area contributed by atoms with E-state index < -0.39 is 21.5 Å². The summed E-state index contributed by atoms with van der Waals surface area (Å²) in [5.41, 5.74) is 0.830. The molecule has 2 rings (SSSR count). The Labute approximate surface area is 124 Å². The van der Waals surface area contributed by atoms with E-state index in [1.165, 1.54) is 6.92 Å². The fourth-order valence-corrected chi connectivity index (χ4v) is 3.18. The number of carbonyl (C=O) groups excluding carboxylic acids is 1. The molecule has 0 bridgehead atoms. The number of sulfone groups is 1. The highest BCUT2D eigenvalue weighted by molar-refractivity contribution is 7.92. The van der Waals surface area contributed by atoms with Crippen molar-refractivity contribution in [3.8, 4) is 0 Å². The maximum absolute atomic E-state index is 12.0. The van der Waals surface area contributed by atoms with Gasteiger partial charge in [0.15, 0.2) is 9.84 Å². The van der Waals surface area contributed by atoms with E-state index in [1.54, 1.807) is 24.1 Å². The zero-order valence-electron chi connectivity index (χ0n) is 12.2. The topological polar surface area (TPSA) is 101 Å². The number of carbonyl (C=O) groups is 1. The molecule has 118 valence electrons. The molecule has 1 aromatic rings. The first-order valence-electron chi connectivity index (χ1n) is 6.97. The van der Waals surface area contributed by atoms with Crippen LogP contribution in [-0.4, -0.2) is 46.8 Å². The van der Waals surface area contributed by atoms with Gasteiger partial charge in [-0.25, -0.2) is 8.42 Å². The third-order valence-electron chi connectivity index (χ3n) is 3.81. The number of aliphatic hydroxyl groups is 1. The van der Waals surface area contributed by atoms with Gasteiger partial charge in [0.25, 0.3) is 0 Å². The van der Waals surface area contributed by atoms with E-state index in [9.17, 15) is 18.3 Å². The first-order chi connectivity index (χ1) is 9.80. The molecular weight excluding hydrogens is 294 g/mol. The Hall–Kier alpha value is -1.41. The second-order valence-electron chi connectivity index (χ2n) is 5.55. The Morgan fingerprint density at radius 2 is 2.24 bits per heavy atom. The van der Waals surface area contributed by atoms with Crippen molar-refractivity contribution in [1.29, 1.82) is 0 Å². The highest BCUT2D eigenvalue weighted by atomic mass is 32.2. The summed E-state index contributed by atoms with van der Waals surface area (Å²) in [7, 11) is -1.57. The molecule has 1 aliphatic carbocycles. The lowest BCUT2D eigenvalue weighted by Crippen LogP contribution is -2.43. The fourth-order valence-electron chi connectivity index (χ4n) is 2.49. The van der Waals surface area contributed by atoms with E-state index in [2.05, 4.69) is 10.4 Å². The third kappa shape index (κ3) is 4.04. The normalized spacial score (nSPS) is 23.4. The Kier molecular flexibility index (Phi) is 4.67. The quantitative estimate of drug-likeness (QED) is 0.756. The molecule has 1 atom stereocenters. The van der Waals surface area contributed by atoms with Crippen LogP contribution in [-0.2, 0) is 21.7 Å². The summed E-state index contributed by atoms with van der Waals surface area (Å²) >= 11 is 0. The molecule has 0 saturated heterocycles. The van der Waals surface area contributed by atoms with Gasteiger partial charge in [-0.2, -0.15) is 5.10 Å². The lowest BCUT2D eigenvalue weighted by Gasteiger charge is -2.37. The van der Waals surface area contributed by atoms with Gasteiger partial charge in [-0.3, -0.25) is 9.48 Å². The van der Waals surface area contributed by atoms with Crippen LogP contribution in [0.5, 0.6) is 0 Å². The van der Waals surface area contributed by atoms with E-state index in [0.717, 1.165) is 5.56 Å². The van der Waals surface area contributed by atoms with Gasteiger partial charge in [-0.15, -0.1) is 0 Å². The van der Waals surface area contributed by atoms with Gasteiger partial charge in [-0.1, -0.05) is 6.92 Å². The van der Waals surface area contributed by atoms with Gasteiger partial charge in [-0.05, 0) is 18.8 Å². The number of nitrogens with zero attached hydrogens (tertiary/aromatic N) is 2. The predicted molar refractivity (Wildman–Crippen MR) is 77.2 cm³/mol. The summed E-state index contributed by atoms with van der Waals surface area (Å²) < 4.78 is 24.7. The van der Waals surface area contributed by atoms with Crippen molar-refractivity contribution in [3.05, 3.63) is 18.0 Å². The number of aromatic nitrogens is 2. The zero-order valence-corrected chi connectivity index (χ0v) is 13.0. The maximum atomic E-state index is 12.0. The lowest BCUT2D eigenvalue weighted by atomic mass is 9.75. The van der Waals surface area contributed by atoms with E-state index in [-0.39, 0.29) is 23.8 Å². The average Bonchev–Trinajstić information content (AvgIpc) is 2.78. The largest absolute Gasteiger partial charge is 0.393 e. The van der Waals surface area contributed by atoms with Crippen molar-refractivity contribution in [1.82, 2.24) is 15.1 Å². The number of rotatable bonds is 6. The van der Waals surface area contributed by atoms with Gasteiger partial charge in [0.1, 0.15) is 5.75 Å². The van der Waals surface area contributed by atoms with Gasteiger partial charge in [0, 0.05) is 24.6 Å². The molecular formula is C13H21N3O4S. The molecule has 0 aliphatic heterocycles. The smallest absolute Gasteiger partial charge is 0.235 e. The van der Waals surface area contributed by atoms with Crippen molar-refractivity contribution in [2.75, 3.05) is 11.5 Å². The number of hydrogen-bond donors (Lipinski definition) is 2. The van der Waals surface area contributed by atoms with Crippen molar-refractivity contribution >= 4 is 15.7 Å². The summed E-state index contributed by atoms with van der Waals surface area (Å²) in [5.74, 6) is -0.958. The van der Waals surface area contributed by atoms with E-state index >= 15 is 0 Å². The van der Waals surface area contributed by atoms with E-state index in [0.29, 0.717) is 12.8 Å². The second kappa shape index (κ2) is 6.15. The van der Waals surface area contributed by atoms with Crippen LogP contribution in [0.1, 0.15) is 31.4 Å². The molecule has 0 aromatic carbocycles. The van der Waals surface area contributed by atoms with Crippen LogP contribution >= 0.6 is 0 Å². The summed E-state index contributed by atoms with van der Waals surface area (Å²) in [5, 5.41) is 16.3. The number of amides is 1. The van der Waals surface area contributed by atoms with Crippen LogP contribution in [0.3, 0.4) is 0 Å². The van der Waals surface area contributed by atoms with E-state index in [1.807, 2.05) is 0 Å². The molecule has 1 heterocycles. The van der Waals surface area contributed by atoms with Crippen LogP contribution in [0.15, 0.2) is 12.4 Å². The second-order valence-corrected chi connectivity index (χ2v) is 7.91. The fraction of sp³-hybridized carbons (Fsp3) is 0.692. The van der Waals surface area contributed by atoms with Crippen molar-refractivity contribution in [2.24, 2.45) is 13.0 Å². The van der Waals surface area contributed by atoms with Crippen molar-refractivity contribution in [2.45, 2.75) is 31.9 Å². The van der Waals surface area contributed by atoms with Gasteiger partial charge in [0.2, 0.25) is 5.91 Å². The minimum absolute atomic E-state index is 0.0554. The molecule has 1 aromatic heterocycles. The number of aryl methyl sites for hydroxylation is 1. The number of aliphatic hydroxyl groups excluding tert-OH is 1. The summed E-state index contributed by atoms with van der Waals surface area (Å²) in [6, 6.07) is -0.304. The minimum atomic E-state index is -3.35. The molecule has 8 heteroatoms. The van der Waals surface area contributed by atoms with Gasteiger partial charge < -0.3 is 10.4 Å². The highest BCUT2D eigenvalue weighted by Gasteiger charge is 2.36. The molecule has 1 saturated carbocycles. The van der Waals surface area contributed by atoms with Gasteiger partial charge >= 0.3 is 0 Å². The van der Waals surface area contributed by atoms with Crippen LogP contribution in [0, 0.1) is 5.92 Å². The zero-order chi connectivity index (χ0) is 15.6. The lowest BCUT2D eigenvalue weighted by molar-refractivity contribution is -0.120. The van der Waals surface area contributed by atoms with Crippen molar-refractivity contribution in [3.63, 3.8) is 0 Å². The van der Waals surface area contributed by atoms with E-state index in [4.69, 9.17) is 0 Å². The molecule has 1 unspecified atom stereocenters. The molecule has 0 radical (unpaired) electrons. The van der Waals surface area contributed by atoms with Crippen LogP contribution in [0.2, 0.25) is 0 Å². The number of nitrogens with one attached hydrogen (secondary N) is 1. The Balaban J connectivity index is 2.08. The standard InChI is InChI=1S/C13H21N3O4S/c1-3-21(19,20)8-12(18)15-13(9-4-11(17)5-9)10-6-14-16(2)7-10/h6-7,9,11,13,17H,3-5,8H2,1-2H3,(H,15,18). The Morgan fingerprint density at radius 3 is 2.71 bits per heavy atom. The predicted octanol–water partition coefficient (Wildman–Crippen LogP) is -0.217. The van der Waals surface area contributed by atoms with Crippen LogP contribution in [0.4, 0.5) is 0 Å². The van der Waals surface area contributed by atoms with Crippen LogP contribution in [0.25, 0.3) is 0 Å². The molecule has 1 aliphatic rings. The third-order valence-corrected chi connectivity index (χ3v) is 5.39. The molecule has 1 fully saturated rings. The Bertz CT molecular complexity index is 605. The van der Waals surface area contributed by atoms with Crippen molar-refractivity contribution < 1.29 is 18.3 Å². The van der Waals surface area contributed by atoms with Crippen LogP contribution < -0.4 is 5.32 Å².